The molecule has 1 fully saturated rings. The van der Waals surface area contributed by atoms with Crippen molar-refractivity contribution in [1.29, 1.82) is 0 Å². The van der Waals surface area contributed by atoms with Crippen LogP contribution in [0.1, 0.15) is 6.42 Å². The minimum Gasteiger partial charge on any atom is -0.378 e. The van der Waals surface area contributed by atoms with Crippen molar-refractivity contribution in [3.63, 3.8) is 0 Å². The molecule has 1 aromatic rings. The average Bonchev–Trinajstić information content (AvgIpc) is 2.87. The first kappa shape index (κ1) is 14.9. The predicted octanol–water partition coefficient (Wildman–Crippen LogP) is 1.53. The second-order valence-corrected chi connectivity index (χ2v) is 7.15. The van der Waals surface area contributed by atoms with Gasteiger partial charge in [0.2, 0.25) is 10.0 Å². The Morgan fingerprint density at radius 2 is 2.11 bits per heavy atom. The Bertz CT molecular complexity index is 523. The molecule has 1 saturated heterocycles. The highest BCUT2D eigenvalue weighted by Crippen LogP contribution is 2.22. The van der Waals surface area contributed by atoms with Gasteiger partial charge in [-0.25, -0.2) is 13.1 Å². The van der Waals surface area contributed by atoms with Gasteiger partial charge in [0.1, 0.15) is 5.60 Å². The lowest BCUT2D eigenvalue weighted by Crippen LogP contribution is -2.44. The molecule has 1 unspecified atom stereocenters. The van der Waals surface area contributed by atoms with Gasteiger partial charge < -0.3 is 9.47 Å². The first-order valence-electron chi connectivity index (χ1n) is 5.86. The quantitative estimate of drug-likeness (QED) is 0.875. The maximum Gasteiger partial charge on any atom is 0.240 e. The highest BCUT2D eigenvalue weighted by molar-refractivity contribution is 9.10. The molecule has 1 N–H and O–H groups in total. The van der Waals surface area contributed by atoms with Crippen LogP contribution in [0.3, 0.4) is 0 Å². The van der Waals surface area contributed by atoms with Gasteiger partial charge in [0, 0.05) is 31.2 Å². The van der Waals surface area contributed by atoms with Gasteiger partial charge in [-0.15, -0.1) is 0 Å². The monoisotopic (exact) mass is 349 g/mol. The summed E-state index contributed by atoms with van der Waals surface area (Å²) in [5, 5.41) is 0. The molecule has 1 aliphatic rings. The minimum atomic E-state index is -3.52. The van der Waals surface area contributed by atoms with E-state index in [0.717, 1.165) is 4.47 Å². The standard InChI is InChI=1S/C12H16BrNO4S/c1-17-12(6-7-18-9-12)8-14-19(15,16)11-4-2-10(13)3-5-11/h2-5,14H,6-9H2,1H3. The predicted molar refractivity (Wildman–Crippen MR) is 74.5 cm³/mol. The normalized spacial score (nSPS) is 23.7. The topological polar surface area (TPSA) is 64.6 Å². The molecule has 19 heavy (non-hydrogen) atoms. The second kappa shape index (κ2) is 5.88. The molecule has 5 nitrogen and oxygen atoms in total. The van der Waals surface area contributed by atoms with E-state index in [9.17, 15) is 8.42 Å². The number of nitrogens with one attached hydrogen (secondary N) is 1. The van der Waals surface area contributed by atoms with Crippen molar-refractivity contribution in [3.8, 4) is 0 Å². The van der Waals surface area contributed by atoms with Crippen molar-refractivity contribution in [2.75, 3.05) is 26.9 Å². The number of ether oxygens (including phenoxy) is 2. The van der Waals surface area contributed by atoms with Gasteiger partial charge in [0.15, 0.2) is 0 Å². The molecule has 2 rings (SSSR count). The summed E-state index contributed by atoms with van der Waals surface area (Å²) in [5.41, 5.74) is -0.553. The zero-order valence-electron chi connectivity index (χ0n) is 10.6. The Morgan fingerprint density at radius 1 is 1.42 bits per heavy atom. The van der Waals surface area contributed by atoms with Crippen LogP contribution in [0.2, 0.25) is 0 Å². The lowest BCUT2D eigenvalue weighted by molar-refractivity contribution is -0.0120. The molecule has 0 amide bonds. The van der Waals surface area contributed by atoms with Crippen LogP contribution in [0.25, 0.3) is 0 Å². The summed E-state index contributed by atoms with van der Waals surface area (Å²) in [4.78, 5) is 0.237. The number of rotatable bonds is 5. The van der Waals surface area contributed by atoms with E-state index in [-0.39, 0.29) is 11.4 Å². The first-order valence-corrected chi connectivity index (χ1v) is 8.13. The van der Waals surface area contributed by atoms with E-state index in [1.807, 2.05) is 0 Å². The third kappa shape index (κ3) is 3.55. The first-order chi connectivity index (χ1) is 8.97. The molecular weight excluding hydrogens is 334 g/mol. The molecule has 1 aromatic carbocycles. The van der Waals surface area contributed by atoms with E-state index in [1.165, 1.54) is 0 Å². The highest BCUT2D eigenvalue weighted by Gasteiger charge is 2.36. The molecule has 106 valence electrons. The lowest BCUT2D eigenvalue weighted by atomic mass is 10.0. The molecule has 0 bridgehead atoms. The molecule has 1 heterocycles. The maximum absolute atomic E-state index is 12.1. The second-order valence-electron chi connectivity index (χ2n) is 4.47. The van der Waals surface area contributed by atoms with E-state index < -0.39 is 15.6 Å². The number of sulfonamides is 1. The van der Waals surface area contributed by atoms with Crippen LogP contribution in [0.5, 0.6) is 0 Å². The maximum atomic E-state index is 12.1. The van der Waals surface area contributed by atoms with Crippen LogP contribution in [0.15, 0.2) is 33.6 Å². The largest absolute Gasteiger partial charge is 0.378 e. The van der Waals surface area contributed by atoms with Crippen molar-refractivity contribution in [1.82, 2.24) is 4.72 Å². The lowest BCUT2D eigenvalue weighted by Gasteiger charge is -2.25. The van der Waals surface area contributed by atoms with Crippen molar-refractivity contribution >= 4 is 26.0 Å². The Morgan fingerprint density at radius 3 is 2.63 bits per heavy atom. The van der Waals surface area contributed by atoms with Crippen molar-refractivity contribution in [2.24, 2.45) is 0 Å². The fourth-order valence-corrected chi connectivity index (χ4v) is 3.26. The number of hydrogen-bond acceptors (Lipinski definition) is 4. The zero-order chi connectivity index (χ0) is 13.9. The molecular formula is C12H16BrNO4S. The Hall–Kier alpha value is -0.470. The van der Waals surface area contributed by atoms with Crippen LogP contribution in [0, 0.1) is 0 Å². The van der Waals surface area contributed by atoms with Gasteiger partial charge in [0.25, 0.3) is 0 Å². The summed E-state index contributed by atoms with van der Waals surface area (Å²) in [6.07, 6.45) is 0.687. The summed E-state index contributed by atoms with van der Waals surface area (Å²) in [7, 11) is -1.95. The van der Waals surface area contributed by atoms with Crippen LogP contribution in [-0.4, -0.2) is 40.9 Å². The molecule has 0 aromatic heterocycles. The molecule has 7 heteroatoms. The zero-order valence-corrected chi connectivity index (χ0v) is 13.0. The van der Waals surface area contributed by atoms with E-state index in [0.29, 0.717) is 19.6 Å². The molecule has 1 atom stereocenters. The van der Waals surface area contributed by atoms with E-state index in [4.69, 9.17) is 9.47 Å². The molecule has 0 radical (unpaired) electrons. The summed E-state index contributed by atoms with van der Waals surface area (Å²) >= 11 is 3.27. The van der Waals surface area contributed by atoms with Crippen molar-refractivity contribution in [3.05, 3.63) is 28.7 Å². The molecule has 1 aliphatic heterocycles. The van der Waals surface area contributed by atoms with Crippen molar-refractivity contribution < 1.29 is 17.9 Å². The third-order valence-corrected chi connectivity index (χ3v) is 5.15. The van der Waals surface area contributed by atoms with Gasteiger partial charge >= 0.3 is 0 Å². The minimum absolute atomic E-state index is 0.210. The van der Waals surface area contributed by atoms with E-state index >= 15 is 0 Å². The van der Waals surface area contributed by atoms with E-state index in [2.05, 4.69) is 20.7 Å². The van der Waals surface area contributed by atoms with Gasteiger partial charge in [-0.2, -0.15) is 0 Å². The Kier molecular flexibility index (Phi) is 4.62. The van der Waals surface area contributed by atoms with Crippen molar-refractivity contribution in [2.45, 2.75) is 16.9 Å². The van der Waals surface area contributed by atoms with Gasteiger partial charge in [-0.3, -0.25) is 0 Å². The molecule has 0 saturated carbocycles. The van der Waals surface area contributed by atoms with Gasteiger partial charge in [-0.1, -0.05) is 15.9 Å². The summed E-state index contributed by atoms with van der Waals surface area (Å²) in [5.74, 6) is 0. The summed E-state index contributed by atoms with van der Waals surface area (Å²) in [6, 6.07) is 6.49. The number of methoxy groups -OCH3 is 1. The SMILES string of the molecule is COC1(CNS(=O)(=O)c2ccc(Br)cc2)CCOC1. The number of benzene rings is 1. The van der Waals surface area contributed by atoms with Gasteiger partial charge in [0.05, 0.1) is 11.5 Å². The number of halogens is 1. The summed E-state index contributed by atoms with van der Waals surface area (Å²) in [6.45, 7) is 1.21. The van der Waals surface area contributed by atoms with Crippen LogP contribution in [-0.2, 0) is 19.5 Å². The number of hydrogen-bond donors (Lipinski definition) is 1. The average molecular weight is 350 g/mol. The van der Waals surface area contributed by atoms with Gasteiger partial charge in [-0.05, 0) is 24.3 Å². The van der Waals surface area contributed by atoms with Crippen LogP contribution in [0.4, 0.5) is 0 Å². The highest BCUT2D eigenvalue weighted by atomic mass is 79.9. The molecule has 0 aliphatic carbocycles. The van der Waals surface area contributed by atoms with Crippen LogP contribution < -0.4 is 4.72 Å². The Balaban J connectivity index is 2.07. The fraction of sp³-hybridized carbons (Fsp3) is 0.500. The Labute approximate surface area is 121 Å². The summed E-state index contributed by atoms with van der Waals surface area (Å²) < 4.78 is 38.4. The smallest absolute Gasteiger partial charge is 0.240 e. The van der Waals surface area contributed by atoms with Crippen LogP contribution >= 0.6 is 15.9 Å². The molecule has 0 spiro atoms. The van der Waals surface area contributed by atoms with E-state index in [1.54, 1.807) is 31.4 Å². The third-order valence-electron chi connectivity index (χ3n) is 3.21. The fourth-order valence-electron chi connectivity index (χ4n) is 1.88.